The van der Waals surface area contributed by atoms with Gasteiger partial charge in [-0.1, -0.05) is 22.0 Å². The smallest absolute Gasteiger partial charge is 0.0606 e. The maximum absolute atomic E-state index is 8.91. The Hall–Kier alpha value is -0.580. The predicted molar refractivity (Wildman–Crippen MR) is 67.1 cm³/mol. The minimum absolute atomic E-state index is 0.00533. The molecular formula is C11H17BrN2O. The van der Waals surface area contributed by atoms with Gasteiger partial charge in [0.25, 0.3) is 0 Å². The first-order chi connectivity index (χ1) is 7.06. The van der Waals surface area contributed by atoms with E-state index in [9.17, 15) is 0 Å². The Balaban J connectivity index is 3.06. The van der Waals surface area contributed by atoms with Crippen molar-refractivity contribution < 1.29 is 5.11 Å². The monoisotopic (exact) mass is 272 g/mol. The van der Waals surface area contributed by atoms with Crippen LogP contribution >= 0.6 is 15.9 Å². The summed E-state index contributed by atoms with van der Waals surface area (Å²) in [7, 11) is 1.95. The number of aliphatic hydroxyl groups excluding tert-OH is 1. The van der Waals surface area contributed by atoms with Crippen molar-refractivity contribution in [2.75, 3.05) is 25.1 Å². The highest BCUT2D eigenvalue weighted by molar-refractivity contribution is 9.10. The second-order valence-electron chi connectivity index (χ2n) is 3.64. The Morgan fingerprint density at radius 2 is 2.20 bits per heavy atom. The van der Waals surface area contributed by atoms with Gasteiger partial charge in [-0.15, -0.1) is 0 Å². The first kappa shape index (κ1) is 12.5. The number of hydrogen-bond acceptors (Lipinski definition) is 3. The number of anilines is 1. The third kappa shape index (κ3) is 3.19. The molecule has 0 aliphatic rings. The van der Waals surface area contributed by atoms with Gasteiger partial charge in [0.15, 0.2) is 0 Å². The van der Waals surface area contributed by atoms with Crippen molar-refractivity contribution in [3.8, 4) is 0 Å². The molecule has 0 saturated carbocycles. The molecule has 0 spiro atoms. The lowest BCUT2D eigenvalue weighted by Crippen LogP contribution is -2.23. The fourth-order valence-electron chi connectivity index (χ4n) is 1.50. The standard InChI is InChI=1S/C11H17BrN2O/c1-8(13)10-4-3-9(12)7-11(10)14(2)5-6-15/h3-4,7-8,15H,5-6,13H2,1-2H3. The molecule has 0 saturated heterocycles. The van der Waals surface area contributed by atoms with Gasteiger partial charge >= 0.3 is 0 Å². The molecule has 1 atom stereocenters. The number of hydrogen-bond donors (Lipinski definition) is 2. The van der Waals surface area contributed by atoms with Crippen LogP contribution in [0.3, 0.4) is 0 Å². The lowest BCUT2D eigenvalue weighted by molar-refractivity contribution is 0.304. The zero-order chi connectivity index (χ0) is 11.4. The van der Waals surface area contributed by atoms with Gasteiger partial charge in [-0.2, -0.15) is 0 Å². The molecule has 1 aromatic rings. The van der Waals surface area contributed by atoms with Crippen LogP contribution in [0.2, 0.25) is 0 Å². The van der Waals surface area contributed by atoms with Gasteiger partial charge in [0.05, 0.1) is 6.61 Å². The van der Waals surface area contributed by atoms with Crippen molar-refractivity contribution >= 4 is 21.6 Å². The van der Waals surface area contributed by atoms with Crippen LogP contribution in [-0.2, 0) is 0 Å². The number of nitrogens with two attached hydrogens (primary N) is 1. The summed E-state index contributed by atoms with van der Waals surface area (Å²) in [6, 6.07) is 6.01. The van der Waals surface area contributed by atoms with Gasteiger partial charge in [0.1, 0.15) is 0 Å². The van der Waals surface area contributed by atoms with Crippen LogP contribution in [0.15, 0.2) is 22.7 Å². The van der Waals surface area contributed by atoms with E-state index in [4.69, 9.17) is 10.8 Å². The van der Waals surface area contributed by atoms with E-state index in [1.807, 2.05) is 37.1 Å². The summed E-state index contributed by atoms with van der Waals surface area (Å²) in [5, 5.41) is 8.91. The van der Waals surface area contributed by atoms with Crippen LogP contribution in [-0.4, -0.2) is 25.3 Å². The second kappa shape index (κ2) is 5.49. The molecule has 0 aromatic heterocycles. The number of halogens is 1. The number of rotatable bonds is 4. The molecule has 0 bridgehead atoms. The van der Waals surface area contributed by atoms with E-state index >= 15 is 0 Å². The quantitative estimate of drug-likeness (QED) is 0.880. The van der Waals surface area contributed by atoms with E-state index in [-0.39, 0.29) is 12.6 Å². The van der Waals surface area contributed by atoms with E-state index < -0.39 is 0 Å². The second-order valence-corrected chi connectivity index (χ2v) is 4.55. The Morgan fingerprint density at radius 3 is 2.73 bits per heavy atom. The molecule has 3 N–H and O–H groups in total. The Morgan fingerprint density at radius 1 is 1.53 bits per heavy atom. The summed E-state index contributed by atoms with van der Waals surface area (Å²) in [5.74, 6) is 0. The minimum Gasteiger partial charge on any atom is -0.395 e. The van der Waals surface area contributed by atoms with Crippen molar-refractivity contribution in [3.05, 3.63) is 28.2 Å². The van der Waals surface area contributed by atoms with Crippen molar-refractivity contribution in [2.45, 2.75) is 13.0 Å². The van der Waals surface area contributed by atoms with Gasteiger partial charge in [-0.25, -0.2) is 0 Å². The average molecular weight is 273 g/mol. The molecule has 0 amide bonds. The first-order valence-corrected chi connectivity index (χ1v) is 5.72. The van der Waals surface area contributed by atoms with Crippen molar-refractivity contribution in [3.63, 3.8) is 0 Å². The van der Waals surface area contributed by atoms with Crippen molar-refractivity contribution in [1.29, 1.82) is 0 Å². The molecule has 0 heterocycles. The Labute approximate surface area is 99.0 Å². The molecule has 3 nitrogen and oxygen atoms in total. The summed E-state index contributed by atoms with van der Waals surface area (Å²) in [5.41, 5.74) is 8.05. The van der Waals surface area contributed by atoms with Crippen LogP contribution in [0, 0.1) is 0 Å². The first-order valence-electron chi connectivity index (χ1n) is 4.93. The summed E-state index contributed by atoms with van der Waals surface area (Å²) < 4.78 is 1.02. The van der Waals surface area contributed by atoms with E-state index in [0.29, 0.717) is 6.54 Å². The molecule has 1 aromatic carbocycles. The highest BCUT2D eigenvalue weighted by Gasteiger charge is 2.10. The Kier molecular flexibility index (Phi) is 4.57. The minimum atomic E-state index is -0.00533. The van der Waals surface area contributed by atoms with Gasteiger partial charge in [-0.3, -0.25) is 0 Å². The van der Waals surface area contributed by atoms with E-state index in [1.165, 1.54) is 0 Å². The fourth-order valence-corrected chi connectivity index (χ4v) is 1.85. The normalized spacial score (nSPS) is 12.6. The molecular weight excluding hydrogens is 256 g/mol. The third-order valence-electron chi connectivity index (χ3n) is 2.33. The summed E-state index contributed by atoms with van der Waals surface area (Å²) in [6.07, 6.45) is 0. The molecule has 0 radical (unpaired) electrons. The predicted octanol–water partition coefficient (Wildman–Crippen LogP) is 1.90. The summed E-state index contributed by atoms with van der Waals surface area (Å²) >= 11 is 3.43. The van der Waals surface area contributed by atoms with Crippen molar-refractivity contribution in [1.82, 2.24) is 0 Å². The van der Waals surface area contributed by atoms with Gasteiger partial charge in [0, 0.05) is 29.8 Å². The van der Waals surface area contributed by atoms with Crippen LogP contribution in [0.1, 0.15) is 18.5 Å². The lowest BCUT2D eigenvalue weighted by Gasteiger charge is -2.23. The zero-order valence-corrected chi connectivity index (χ0v) is 10.7. The molecule has 1 unspecified atom stereocenters. The number of aliphatic hydroxyl groups is 1. The number of nitrogens with zero attached hydrogens (tertiary/aromatic N) is 1. The molecule has 0 fully saturated rings. The van der Waals surface area contributed by atoms with E-state index in [1.54, 1.807) is 0 Å². The zero-order valence-electron chi connectivity index (χ0n) is 9.07. The number of benzene rings is 1. The highest BCUT2D eigenvalue weighted by atomic mass is 79.9. The summed E-state index contributed by atoms with van der Waals surface area (Å²) in [6.45, 7) is 2.71. The summed E-state index contributed by atoms with van der Waals surface area (Å²) in [4.78, 5) is 2.00. The van der Waals surface area contributed by atoms with E-state index in [0.717, 1.165) is 15.7 Å². The number of likely N-dealkylation sites (N-methyl/N-ethyl adjacent to an activating group) is 1. The molecule has 15 heavy (non-hydrogen) atoms. The van der Waals surface area contributed by atoms with Gasteiger partial charge < -0.3 is 15.7 Å². The highest BCUT2D eigenvalue weighted by Crippen LogP contribution is 2.27. The molecule has 4 heteroatoms. The van der Waals surface area contributed by atoms with Gasteiger partial charge in [0.2, 0.25) is 0 Å². The molecule has 84 valence electrons. The molecule has 1 rings (SSSR count). The maximum atomic E-state index is 8.91. The average Bonchev–Trinajstić information content (AvgIpc) is 2.17. The molecule has 0 aliphatic carbocycles. The van der Waals surface area contributed by atoms with Gasteiger partial charge in [-0.05, 0) is 24.6 Å². The van der Waals surface area contributed by atoms with Crippen LogP contribution < -0.4 is 10.6 Å². The largest absolute Gasteiger partial charge is 0.395 e. The topological polar surface area (TPSA) is 49.5 Å². The van der Waals surface area contributed by atoms with Crippen LogP contribution in [0.25, 0.3) is 0 Å². The van der Waals surface area contributed by atoms with Crippen molar-refractivity contribution in [2.24, 2.45) is 5.73 Å². The van der Waals surface area contributed by atoms with Crippen LogP contribution in [0.5, 0.6) is 0 Å². The SMILES string of the molecule is CC(N)c1ccc(Br)cc1N(C)CCO. The fraction of sp³-hybridized carbons (Fsp3) is 0.455. The maximum Gasteiger partial charge on any atom is 0.0606 e. The van der Waals surface area contributed by atoms with E-state index in [2.05, 4.69) is 15.9 Å². The Bertz CT molecular complexity index is 328. The lowest BCUT2D eigenvalue weighted by atomic mass is 10.1. The van der Waals surface area contributed by atoms with Crippen LogP contribution in [0.4, 0.5) is 5.69 Å². The third-order valence-corrected chi connectivity index (χ3v) is 2.82. The molecule has 0 aliphatic heterocycles.